The Morgan fingerprint density at radius 2 is 2.16 bits per heavy atom. The SMILES string of the molecule is Cc1n[nH]c(C)c1S(=O)(=O)NCC1CC(=O)N(C)C1. The molecule has 1 unspecified atom stereocenters. The van der Waals surface area contributed by atoms with Crippen LogP contribution in [0.1, 0.15) is 17.8 Å². The van der Waals surface area contributed by atoms with Crippen LogP contribution in [-0.4, -0.2) is 49.6 Å². The van der Waals surface area contributed by atoms with Gasteiger partial charge in [-0.15, -0.1) is 0 Å². The number of carbonyl (C=O) groups is 1. The van der Waals surface area contributed by atoms with Crippen LogP contribution in [0.3, 0.4) is 0 Å². The summed E-state index contributed by atoms with van der Waals surface area (Å²) in [5, 5.41) is 6.53. The highest BCUT2D eigenvalue weighted by molar-refractivity contribution is 7.89. The third-order valence-corrected chi connectivity index (χ3v) is 5.00. The third-order valence-electron chi connectivity index (χ3n) is 3.31. The van der Waals surface area contributed by atoms with Crippen molar-refractivity contribution in [2.24, 2.45) is 5.92 Å². The van der Waals surface area contributed by atoms with Crippen LogP contribution in [0.5, 0.6) is 0 Å². The average molecular weight is 286 g/mol. The number of H-pyrrole nitrogens is 1. The fraction of sp³-hybridized carbons (Fsp3) is 0.636. The Hall–Kier alpha value is -1.41. The van der Waals surface area contributed by atoms with Crippen molar-refractivity contribution in [3.63, 3.8) is 0 Å². The smallest absolute Gasteiger partial charge is 0.244 e. The minimum atomic E-state index is -3.57. The first kappa shape index (κ1) is 14.0. The molecule has 8 heteroatoms. The number of aryl methyl sites for hydroxylation is 2. The summed E-state index contributed by atoms with van der Waals surface area (Å²) in [6.07, 6.45) is 0.391. The predicted molar refractivity (Wildman–Crippen MR) is 69.0 cm³/mol. The van der Waals surface area contributed by atoms with Crippen LogP contribution in [-0.2, 0) is 14.8 Å². The highest BCUT2D eigenvalue weighted by atomic mass is 32.2. The lowest BCUT2D eigenvalue weighted by Crippen LogP contribution is -2.31. The van der Waals surface area contributed by atoms with Crippen molar-refractivity contribution in [2.75, 3.05) is 20.1 Å². The molecule has 1 fully saturated rings. The Morgan fingerprint density at radius 1 is 1.47 bits per heavy atom. The van der Waals surface area contributed by atoms with Crippen LogP contribution in [0.15, 0.2) is 4.90 Å². The van der Waals surface area contributed by atoms with Crippen molar-refractivity contribution >= 4 is 15.9 Å². The van der Waals surface area contributed by atoms with E-state index in [0.29, 0.717) is 24.4 Å². The molecule has 2 N–H and O–H groups in total. The molecule has 1 aliphatic heterocycles. The van der Waals surface area contributed by atoms with Crippen molar-refractivity contribution in [1.82, 2.24) is 19.8 Å². The Labute approximate surface area is 112 Å². The largest absolute Gasteiger partial charge is 0.345 e. The molecule has 106 valence electrons. The first-order valence-electron chi connectivity index (χ1n) is 6.06. The number of carbonyl (C=O) groups excluding carboxylic acids is 1. The van der Waals surface area contributed by atoms with E-state index in [2.05, 4.69) is 14.9 Å². The fourth-order valence-electron chi connectivity index (χ4n) is 2.33. The van der Waals surface area contributed by atoms with E-state index in [1.54, 1.807) is 25.8 Å². The standard InChI is InChI=1S/C11H18N4O3S/c1-7-11(8(2)14-13-7)19(17,18)12-5-9-4-10(16)15(3)6-9/h9,12H,4-6H2,1-3H3,(H,13,14). The lowest BCUT2D eigenvalue weighted by atomic mass is 10.1. The Morgan fingerprint density at radius 3 is 2.63 bits per heavy atom. The second kappa shape index (κ2) is 4.93. The quantitative estimate of drug-likeness (QED) is 0.800. The number of hydrogen-bond acceptors (Lipinski definition) is 4. The number of nitrogens with zero attached hydrogens (tertiary/aromatic N) is 2. The number of aromatic amines is 1. The van der Waals surface area contributed by atoms with E-state index in [-0.39, 0.29) is 23.3 Å². The second-order valence-electron chi connectivity index (χ2n) is 4.96. The van der Waals surface area contributed by atoms with Gasteiger partial charge in [-0.2, -0.15) is 5.10 Å². The first-order chi connectivity index (χ1) is 8.81. The van der Waals surface area contributed by atoms with Crippen molar-refractivity contribution in [2.45, 2.75) is 25.2 Å². The van der Waals surface area contributed by atoms with Gasteiger partial charge in [-0.05, 0) is 19.8 Å². The molecule has 0 radical (unpaired) electrons. The van der Waals surface area contributed by atoms with Crippen LogP contribution in [0, 0.1) is 19.8 Å². The Bertz CT molecular complexity index is 574. The zero-order valence-corrected chi connectivity index (χ0v) is 12.0. The van der Waals surface area contributed by atoms with Crippen LogP contribution >= 0.6 is 0 Å². The summed E-state index contributed by atoms with van der Waals surface area (Å²) in [6.45, 7) is 4.17. The summed E-state index contributed by atoms with van der Waals surface area (Å²) >= 11 is 0. The Kier molecular flexibility index (Phi) is 3.64. The van der Waals surface area contributed by atoms with Crippen LogP contribution in [0.2, 0.25) is 0 Å². The van der Waals surface area contributed by atoms with Gasteiger partial charge in [0, 0.05) is 26.6 Å². The monoisotopic (exact) mass is 286 g/mol. The van der Waals surface area contributed by atoms with Crippen molar-refractivity contribution in [3.8, 4) is 0 Å². The molecule has 0 bridgehead atoms. The van der Waals surface area contributed by atoms with Gasteiger partial charge in [0.15, 0.2) is 0 Å². The predicted octanol–water partition coefficient (Wildman–Crippen LogP) is -0.217. The maximum absolute atomic E-state index is 12.2. The molecule has 1 saturated heterocycles. The van der Waals surface area contributed by atoms with Gasteiger partial charge in [0.1, 0.15) is 4.90 Å². The first-order valence-corrected chi connectivity index (χ1v) is 7.54. The zero-order chi connectivity index (χ0) is 14.2. The lowest BCUT2D eigenvalue weighted by Gasteiger charge is -2.12. The number of sulfonamides is 1. The number of nitrogens with one attached hydrogen (secondary N) is 2. The van der Waals surface area contributed by atoms with Gasteiger partial charge in [0.2, 0.25) is 15.9 Å². The summed E-state index contributed by atoms with van der Waals surface area (Å²) in [4.78, 5) is 13.2. The molecule has 2 heterocycles. The van der Waals surface area contributed by atoms with E-state index < -0.39 is 10.0 Å². The zero-order valence-electron chi connectivity index (χ0n) is 11.2. The highest BCUT2D eigenvalue weighted by Gasteiger charge is 2.29. The number of amides is 1. The van der Waals surface area contributed by atoms with Crippen LogP contribution in [0.25, 0.3) is 0 Å². The molecule has 0 saturated carbocycles. The second-order valence-corrected chi connectivity index (χ2v) is 6.66. The number of rotatable bonds is 4. The normalized spacial score (nSPS) is 20.3. The molecular formula is C11H18N4O3S. The van der Waals surface area contributed by atoms with Crippen LogP contribution < -0.4 is 4.72 Å². The number of hydrogen-bond donors (Lipinski definition) is 2. The summed E-state index contributed by atoms with van der Waals surface area (Å²) in [6, 6.07) is 0. The molecule has 1 aromatic heterocycles. The molecule has 2 rings (SSSR count). The van der Waals surface area contributed by atoms with Gasteiger partial charge < -0.3 is 4.90 Å². The molecule has 0 aromatic carbocycles. The maximum atomic E-state index is 12.2. The molecule has 1 amide bonds. The van der Waals surface area contributed by atoms with Gasteiger partial charge in [-0.1, -0.05) is 0 Å². The molecule has 7 nitrogen and oxygen atoms in total. The maximum Gasteiger partial charge on any atom is 0.244 e. The van der Waals surface area contributed by atoms with E-state index in [0.717, 1.165) is 0 Å². The Balaban J connectivity index is 2.05. The molecule has 1 aromatic rings. The van der Waals surface area contributed by atoms with E-state index in [1.807, 2.05) is 0 Å². The van der Waals surface area contributed by atoms with Gasteiger partial charge in [-0.25, -0.2) is 13.1 Å². The molecule has 1 atom stereocenters. The molecule has 0 aliphatic carbocycles. The van der Waals surface area contributed by atoms with Gasteiger partial charge >= 0.3 is 0 Å². The van der Waals surface area contributed by atoms with Crippen molar-refractivity contribution in [3.05, 3.63) is 11.4 Å². The highest BCUT2D eigenvalue weighted by Crippen LogP contribution is 2.19. The van der Waals surface area contributed by atoms with E-state index >= 15 is 0 Å². The fourth-order valence-corrected chi connectivity index (χ4v) is 3.81. The van der Waals surface area contributed by atoms with E-state index in [9.17, 15) is 13.2 Å². The molecule has 1 aliphatic rings. The summed E-state index contributed by atoms with van der Waals surface area (Å²) in [7, 11) is -1.85. The minimum Gasteiger partial charge on any atom is -0.345 e. The molecular weight excluding hydrogens is 268 g/mol. The van der Waals surface area contributed by atoms with Crippen molar-refractivity contribution in [1.29, 1.82) is 0 Å². The summed E-state index contributed by atoms with van der Waals surface area (Å²) < 4.78 is 26.9. The lowest BCUT2D eigenvalue weighted by molar-refractivity contribution is -0.126. The topological polar surface area (TPSA) is 95.2 Å². The number of likely N-dealkylation sites (tertiary alicyclic amines) is 1. The average Bonchev–Trinajstić information content (AvgIpc) is 2.81. The molecule has 0 spiro atoms. The summed E-state index contributed by atoms with van der Waals surface area (Å²) in [5.74, 6) is 0.0830. The number of aromatic nitrogens is 2. The summed E-state index contributed by atoms with van der Waals surface area (Å²) in [5.41, 5.74) is 0.967. The van der Waals surface area contributed by atoms with E-state index in [4.69, 9.17) is 0 Å². The van der Waals surface area contributed by atoms with Crippen molar-refractivity contribution < 1.29 is 13.2 Å². The van der Waals surface area contributed by atoms with Crippen LogP contribution in [0.4, 0.5) is 0 Å². The minimum absolute atomic E-state index is 0.0276. The van der Waals surface area contributed by atoms with Gasteiger partial charge in [0.25, 0.3) is 0 Å². The third kappa shape index (κ3) is 2.79. The van der Waals surface area contributed by atoms with Gasteiger partial charge in [-0.3, -0.25) is 9.89 Å². The molecule has 19 heavy (non-hydrogen) atoms. The van der Waals surface area contributed by atoms with Gasteiger partial charge in [0.05, 0.1) is 11.4 Å². The van der Waals surface area contributed by atoms with E-state index in [1.165, 1.54) is 0 Å².